The van der Waals surface area contributed by atoms with Gasteiger partial charge in [-0.3, -0.25) is 4.79 Å². The molecule has 146 valence electrons. The molecular weight excluding hydrogens is 336 g/mol. The van der Waals surface area contributed by atoms with Crippen molar-refractivity contribution < 1.29 is 4.79 Å². The van der Waals surface area contributed by atoms with Gasteiger partial charge in [0, 0.05) is 43.4 Å². The van der Waals surface area contributed by atoms with Crippen LogP contribution in [0.2, 0.25) is 0 Å². The zero-order valence-electron chi connectivity index (χ0n) is 16.6. The zero-order chi connectivity index (χ0) is 18.4. The fraction of sp³-hybridized carbons (Fsp3) is 0.773. The summed E-state index contributed by atoms with van der Waals surface area (Å²) in [6.45, 7) is 5.98. The van der Waals surface area contributed by atoms with Crippen LogP contribution in [-0.4, -0.2) is 47.0 Å². The molecule has 5 nitrogen and oxygen atoms in total. The number of carbonyl (C=O) groups is 1. The second-order valence-electron chi connectivity index (χ2n) is 9.18. The number of nitrogens with zero attached hydrogens (tertiary/aromatic N) is 4. The van der Waals surface area contributed by atoms with Crippen LogP contribution in [0.4, 0.5) is 5.82 Å². The van der Waals surface area contributed by atoms with Crippen molar-refractivity contribution >= 4 is 11.7 Å². The number of rotatable bonds is 2. The molecule has 27 heavy (non-hydrogen) atoms. The SMILES string of the molecule is Cc1nc2c(c(N3CCC(C(=O)N4CC5CCCCC5C4)CC3)n1)CCC2. The lowest BCUT2D eigenvalue weighted by Crippen LogP contribution is -2.42. The Morgan fingerprint density at radius 2 is 1.63 bits per heavy atom. The van der Waals surface area contributed by atoms with E-state index < -0.39 is 0 Å². The maximum Gasteiger partial charge on any atom is 0.225 e. The van der Waals surface area contributed by atoms with E-state index in [2.05, 4.69) is 14.8 Å². The third-order valence-corrected chi connectivity index (χ3v) is 7.45. The fourth-order valence-corrected chi connectivity index (χ4v) is 5.98. The maximum absolute atomic E-state index is 13.1. The van der Waals surface area contributed by atoms with Crippen LogP contribution in [0.5, 0.6) is 0 Å². The van der Waals surface area contributed by atoms with Gasteiger partial charge in [-0.1, -0.05) is 12.8 Å². The van der Waals surface area contributed by atoms with Crippen LogP contribution < -0.4 is 4.90 Å². The van der Waals surface area contributed by atoms with Gasteiger partial charge in [0.2, 0.25) is 5.91 Å². The maximum atomic E-state index is 13.1. The highest BCUT2D eigenvalue weighted by Crippen LogP contribution is 2.37. The number of fused-ring (bicyclic) bond motifs is 2. The van der Waals surface area contributed by atoms with E-state index in [0.717, 1.165) is 75.3 Å². The van der Waals surface area contributed by atoms with E-state index in [1.54, 1.807) is 0 Å². The van der Waals surface area contributed by atoms with Crippen LogP contribution in [0.25, 0.3) is 0 Å². The third-order valence-electron chi connectivity index (χ3n) is 7.45. The van der Waals surface area contributed by atoms with Crippen LogP contribution in [0.15, 0.2) is 0 Å². The number of aromatic nitrogens is 2. The molecule has 5 heteroatoms. The number of piperidine rings is 1. The number of aryl methyl sites for hydroxylation is 2. The lowest BCUT2D eigenvalue weighted by Gasteiger charge is -2.35. The second kappa shape index (κ2) is 7.06. The molecule has 0 bridgehead atoms. The highest BCUT2D eigenvalue weighted by atomic mass is 16.2. The highest BCUT2D eigenvalue weighted by molar-refractivity contribution is 5.79. The van der Waals surface area contributed by atoms with Crippen molar-refractivity contribution in [2.45, 2.75) is 64.7 Å². The van der Waals surface area contributed by atoms with Gasteiger partial charge in [-0.2, -0.15) is 0 Å². The quantitative estimate of drug-likeness (QED) is 0.805. The number of carbonyl (C=O) groups excluding carboxylic acids is 1. The van der Waals surface area contributed by atoms with Gasteiger partial charge in [0.1, 0.15) is 11.6 Å². The van der Waals surface area contributed by atoms with Crippen molar-refractivity contribution in [3.8, 4) is 0 Å². The van der Waals surface area contributed by atoms with Crippen LogP contribution in [-0.2, 0) is 17.6 Å². The summed E-state index contributed by atoms with van der Waals surface area (Å²) in [6.07, 6.45) is 10.8. The van der Waals surface area contributed by atoms with Crippen LogP contribution in [0, 0.1) is 24.7 Å². The summed E-state index contributed by atoms with van der Waals surface area (Å²) in [6, 6.07) is 0. The van der Waals surface area contributed by atoms with Gasteiger partial charge in [-0.15, -0.1) is 0 Å². The summed E-state index contributed by atoms with van der Waals surface area (Å²) in [5, 5.41) is 0. The first-order chi connectivity index (χ1) is 13.2. The Balaban J connectivity index is 1.23. The molecule has 3 fully saturated rings. The predicted octanol–water partition coefficient (Wildman–Crippen LogP) is 3.14. The molecule has 1 aromatic heterocycles. The first-order valence-electron chi connectivity index (χ1n) is 11.1. The van der Waals surface area contributed by atoms with E-state index in [-0.39, 0.29) is 5.92 Å². The van der Waals surface area contributed by atoms with E-state index >= 15 is 0 Å². The summed E-state index contributed by atoms with van der Waals surface area (Å²) in [4.78, 5) is 27.2. The molecule has 2 unspecified atom stereocenters. The molecule has 2 aliphatic carbocycles. The zero-order valence-corrected chi connectivity index (χ0v) is 16.6. The number of amides is 1. The van der Waals surface area contributed by atoms with Crippen LogP contribution in [0.1, 0.15) is 62.0 Å². The Bertz CT molecular complexity index is 711. The van der Waals surface area contributed by atoms with Gasteiger partial charge in [0.15, 0.2) is 0 Å². The first-order valence-corrected chi connectivity index (χ1v) is 11.1. The van der Waals surface area contributed by atoms with E-state index in [9.17, 15) is 4.79 Å². The Labute approximate surface area is 162 Å². The summed E-state index contributed by atoms with van der Waals surface area (Å²) < 4.78 is 0. The average molecular weight is 369 g/mol. The number of anilines is 1. The van der Waals surface area contributed by atoms with E-state index in [1.807, 2.05) is 6.92 Å². The monoisotopic (exact) mass is 368 g/mol. The molecular formula is C22H32N4O. The molecule has 1 amide bonds. The molecule has 1 aromatic rings. The minimum atomic E-state index is 0.220. The Hall–Kier alpha value is -1.65. The summed E-state index contributed by atoms with van der Waals surface area (Å²) >= 11 is 0. The summed E-state index contributed by atoms with van der Waals surface area (Å²) in [5.41, 5.74) is 2.63. The Morgan fingerprint density at radius 3 is 2.33 bits per heavy atom. The van der Waals surface area contributed by atoms with Crippen LogP contribution in [0.3, 0.4) is 0 Å². The van der Waals surface area contributed by atoms with Crippen LogP contribution >= 0.6 is 0 Å². The van der Waals surface area contributed by atoms with E-state index in [4.69, 9.17) is 4.98 Å². The van der Waals surface area contributed by atoms with Crippen molar-refractivity contribution in [2.24, 2.45) is 17.8 Å². The van der Waals surface area contributed by atoms with Gasteiger partial charge < -0.3 is 9.80 Å². The standard InChI is InChI=1S/C22H32N4O/c1-15-23-20-8-4-7-19(20)21(24-15)25-11-9-16(10-12-25)22(27)26-13-17-5-2-3-6-18(17)14-26/h16-18H,2-14H2,1H3. The first kappa shape index (κ1) is 17.4. The van der Waals surface area contributed by atoms with Gasteiger partial charge in [0.05, 0.1) is 0 Å². The Kier molecular flexibility index (Phi) is 4.57. The molecule has 0 N–H and O–H groups in total. The molecule has 2 aliphatic heterocycles. The van der Waals surface area contributed by atoms with Crippen molar-refractivity contribution in [2.75, 3.05) is 31.1 Å². The summed E-state index contributed by atoms with van der Waals surface area (Å²) in [7, 11) is 0. The molecule has 5 rings (SSSR count). The molecule has 2 atom stereocenters. The fourth-order valence-electron chi connectivity index (χ4n) is 5.98. The van der Waals surface area contributed by atoms with Crippen molar-refractivity contribution in [1.29, 1.82) is 0 Å². The minimum absolute atomic E-state index is 0.220. The summed E-state index contributed by atoms with van der Waals surface area (Å²) in [5.74, 6) is 4.28. The van der Waals surface area contributed by atoms with E-state index in [1.165, 1.54) is 43.4 Å². The lowest BCUT2D eigenvalue weighted by molar-refractivity contribution is -0.135. The van der Waals surface area contributed by atoms with Crippen molar-refractivity contribution in [1.82, 2.24) is 14.9 Å². The normalized spacial score (nSPS) is 28.3. The van der Waals surface area contributed by atoms with Crippen molar-refractivity contribution in [3.05, 3.63) is 17.1 Å². The number of likely N-dealkylation sites (tertiary alicyclic amines) is 1. The van der Waals surface area contributed by atoms with Gasteiger partial charge in [0.25, 0.3) is 0 Å². The lowest BCUT2D eigenvalue weighted by atomic mass is 9.82. The van der Waals surface area contributed by atoms with Gasteiger partial charge in [-0.25, -0.2) is 9.97 Å². The largest absolute Gasteiger partial charge is 0.356 e. The predicted molar refractivity (Wildman–Crippen MR) is 106 cm³/mol. The molecule has 1 saturated carbocycles. The second-order valence-corrected chi connectivity index (χ2v) is 9.18. The smallest absolute Gasteiger partial charge is 0.225 e. The number of hydrogen-bond acceptors (Lipinski definition) is 4. The highest BCUT2D eigenvalue weighted by Gasteiger charge is 2.39. The Morgan fingerprint density at radius 1 is 0.926 bits per heavy atom. The molecule has 0 aromatic carbocycles. The topological polar surface area (TPSA) is 49.3 Å². The molecule has 0 radical (unpaired) electrons. The van der Waals surface area contributed by atoms with Crippen molar-refractivity contribution in [3.63, 3.8) is 0 Å². The molecule has 2 saturated heterocycles. The molecule has 0 spiro atoms. The molecule has 4 aliphatic rings. The van der Waals surface area contributed by atoms with Gasteiger partial charge >= 0.3 is 0 Å². The number of hydrogen-bond donors (Lipinski definition) is 0. The minimum Gasteiger partial charge on any atom is -0.356 e. The van der Waals surface area contributed by atoms with E-state index in [0.29, 0.717) is 5.91 Å². The third kappa shape index (κ3) is 3.23. The average Bonchev–Trinajstić information content (AvgIpc) is 3.33. The van der Waals surface area contributed by atoms with Gasteiger partial charge in [-0.05, 0) is 63.7 Å². The molecule has 3 heterocycles.